The van der Waals surface area contributed by atoms with Crippen molar-refractivity contribution in [2.75, 3.05) is 18.0 Å². The molecule has 6 nitrogen and oxygen atoms in total. The van der Waals surface area contributed by atoms with Crippen molar-refractivity contribution in [3.63, 3.8) is 0 Å². The minimum absolute atomic E-state index is 0.0526. The van der Waals surface area contributed by atoms with E-state index in [2.05, 4.69) is 6.07 Å². The maximum absolute atomic E-state index is 13.4. The minimum Gasteiger partial charge on any atom is -0.491 e. The van der Waals surface area contributed by atoms with Gasteiger partial charge in [0.05, 0.1) is 29.0 Å². The number of imide groups is 1. The summed E-state index contributed by atoms with van der Waals surface area (Å²) in [5, 5.41) is 9.03. The van der Waals surface area contributed by atoms with Crippen LogP contribution in [0, 0.1) is 11.3 Å². The molecule has 152 valence electrons. The lowest BCUT2D eigenvalue weighted by molar-refractivity contribution is -0.120. The number of anilines is 1. The van der Waals surface area contributed by atoms with E-state index in [1.54, 1.807) is 24.3 Å². The quantitative estimate of drug-likeness (QED) is 0.714. The van der Waals surface area contributed by atoms with Gasteiger partial charge in [0, 0.05) is 13.1 Å². The molecule has 0 radical (unpaired) electrons. The number of amides is 2. The molecule has 2 aromatic carbocycles. The zero-order valence-electron chi connectivity index (χ0n) is 17.1. The Bertz CT molecular complexity index is 1040. The van der Waals surface area contributed by atoms with Crippen LogP contribution in [0.15, 0.2) is 54.2 Å². The molecule has 30 heavy (non-hydrogen) atoms. The third-order valence-corrected chi connectivity index (χ3v) is 5.25. The molecule has 1 fully saturated rings. The number of nitriles is 1. The van der Waals surface area contributed by atoms with E-state index in [-0.39, 0.29) is 17.9 Å². The van der Waals surface area contributed by atoms with E-state index in [1.807, 2.05) is 43.0 Å². The highest BCUT2D eigenvalue weighted by atomic mass is 16.5. The van der Waals surface area contributed by atoms with Crippen molar-refractivity contribution in [3.05, 3.63) is 65.4 Å². The Morgan fingerprint density at radius 2 is 1.57 bits per heavy atom. The van der Waals surface area contributed by atoms with Crippen molar-refractivity contribution in [1.82, 2.24) is 4.90 Å². The predicted octanol–water partition coefficient (Wildman–Crippen LogP) is 3.73. The molecule has 4 rings (SSSR count). The number of likely N-dealkylation sites (tertiary alicyclic amines) is 1. The average molecular weight is 401 g/mol. The van der Waals surface area contributed by atoms with Crippen LogP contribution in [0.4, 0.5) is 5.69 Å². The third-order valence-electron chi connectivity index (χ3n) is 5.25. The third kappa shape index (κ3) is 3.55. The van der Waals surface area contributed by atoms with Crippen molar-refractivity contribution in [3.8, 4) is 11.8 Å². The zero-order chi connectivity index (χ0) is 21.3. The van der Waals surface area contributed by atoms with Crippen molar-refractivity contribution in [2.24, 2.45) is 0 Å². The first-order valence-electron chi connectivity index (χ1n) is 10.1. The van der Waals surface area contributed by atoms with Crippen LogP contribution in [0.1, 0.15) is 37.8 Å². The second kappa shape index (κ2) is 8.03. The second-order valence-electron chi connectivity index (χ2n) is 7.71. The molecular formula is C24H23N3O3. The van der Waals surface area contributed by atoms with Gasteiger partial charge in [-0.05, 0) is 68.7 Å². The molecule has 0 N–H and O–H groups in total. The first-order chi connectivity index (χ1) is 14.5. The number of nitrogens with zero attached hydrogens (tertiary/aromatic N) is 3. The van der Waals surface area contributed by atoms with Crippen molar-refractivity contribution < 1.29 is 14.3 Å². The number of benzene rings is 2. The monoisotopic (exact) mass is 401 g/mol. The molecule has 0 aliphatic carbocycles. The van der Waals surface area contributed by atoms with Crippen molar-refractivity contribution >= 4 is 23.1 Å². The lowest BCUT2D eigenvalue weighted by Crippen LogP contribution is -2.34. The van der Waals surface area contributed by atoms with Crippen molar-refractivity contribution in [1.29, 1.82) is 5.26 Å². The van der Waals surface area contributed by atoms with E-state index < -0.39 is 0 Å². The molecule has 0 bridgehead atoms. The van der Waals surface area contributed by atoms with E-state index >= 15 is 0 Å². The van der Waals surface area contributed by atoms with E-state index in [0.717, 1.165) is 31.7 Å². The van der Waals surface area contributed by atoms with Crippen LogP contribution < -0.4 is 9.64 Å². The highest BCUT2D eigenvalue weighted by Crippen LogP contribution is 2.36. The molecule has 1 saturated heterocycles. The van der Waals surface area contributed by atoms with Crippen molar-refractivity contribution in [2.45, 2.75) is 32.8 Å². The molecular weight excluding hydrogens is 378 g/mol. The summed E-state index contributed by atoms with van der Waals surface area (Å²) in [7, 11) is 0. The van der Waals surface area contributed by atoms with Gasteiger partial charge in [-0.25, -0.2) is 4.90 Å². The lowest BCUT2D eigenvalue weighted by atomic mass is 10.0. The standard InChI is InChI=1S/C24H23N3O3/c1-16(2)30-20-11-7-18(8-12-20)21-22(26-13-3-4-14-26)24(29)27(23(21)28)19-9-5-17(15-25)6-10-19/h5-12,16H,3-4,13-14H2,1-2H3. The van der Waals surface area contributed by atoms with Crippen LogP contribution in [-0.2, 0) is 9.59 Å². The number of carbonyl (C=O) groups excluding carboxylic acids is 2. The Morgan fingerprint density at radius 1 is 0.933 bits per heavy atom. The minimum atomic E-state index is -0.343. The van der Waals surface area contributed by atoms with Crippen LogP contribution in [-0.4, -0.2) is 35.9 Å². The Labute approximate surface area is 176 Å². The average Bonchev–Trinajstić information content (AvgIpc) is 3.34. The van der Waals surface area contributed by atoms with Gasteiger partial charge in [0.25, 0.3) is 11.8 Å². The number of carbonyl (C=O) groups is 2. The highest BCUT2D eigenvalue weighted by Gasteiger charge is 2.42. The molecule has 2 aliphatic heterocycles. The van der Waals surface area contributed by atoms with Gasteiger partial charge in [0.15, 0.2) is 0 Å². The van der Waals surface area contributed by atoms with E-state index in [0.29, 0.717) is 28.1 Å². The maximum atomic E-state index is 13.4. The summed E-state index contributed by atoms with van der Waals surface area (Å²) in [4.78, 5) is 30.0. The Morgan fingerprint density at radius 3 is 2.13 bits per heavy atom. The van der Waals surface area contributed by atoms with Gasteiger partial charge in [-0.3, -0.25) is 9.59 Å². The summed E-state index contributed by atoms with van der Waals surface area (Å²) in [6.45, 7) is 5.42. The second-order valence-corrected chi connectivity index (χ2v) is 7.71. The van der Waals surface area contributed by atoms with Gasteiger partial charge in [-0.1, -0.05) is 12.1 Å². The fourth-order valence-corrected chi connectivity index (χ4v) is 3.90. The number of ether oxygens (including phenoxy) is 1. The molecule has 2 amide bonds. The highest BCUT2D eigenvalue weighted by molar-refractivity contribution is 6.45. The Balaban J connectivity index is 1.75. The van der Waals surface area contributed by atoms with E-state index in [9.17, 15) is 9.59 Å². The van der Waals surface area contributed by atoms with Gasteiger partial charge in [-0.15, -0.1) is 0 Å². The van der Waals surface area contributed by atoms with Crippen LogP contribution in [0.3, 0.4) is 0 Å². The molecule has 0 saturated carbocycles. The smallest absolute Gasteiger partial charge is 0.282 e. The van der Waals surface area contributed by atoms with Gasteiger partial charge in [-0.2, -0.15) is 5.26 Å². The molecule has 0 spiro atoms. The van der Waals surface area contributed by atoms with E-state index in [1.165, 1.54) is 4.90 Å². The zero-order valence-corrected chi connectivity index (χ0v) is 17.1. The molecule has 0 unspecified atom stereocenters. The van der Waals surface area contributed by atoms with Crippen LogP contribution in [0.5, 0.6) is 5.75 Å². The Kier molecular flexibility index (Phi) is 5.28. The molecule has 0 aromatic heterocycles. The summed E-state index contributed by atoms with van der Waals surface area (Å²) in [6, 6.07) is 15.9. The van der Waals surface area contributed by atoms with Crippen LogP contribution in [0.2, 0.25) is 0 Å². The predicted molar refractivity (Wildman–Crippen MR) is 114 cm³/mol. The SMILES string of the molecule is CC(C)Oc1ccc(C2=C(N3CCCC3)C(=O)N(c3ccc(C#N)cc3)C2=O)cc1. The first-order valence-corrected chi connectivity index (χ1v) is 10.1. The molecule has 6 heteroatoms. The summed E-state index contributed by atoms with van der Waals surface area (Å²) >= 11 is 0. The maximum Gasteiger partial charge on any atom is 0.282 e. The Hall–Kier alpha value is -3.59. The normalized spacial score (nSPS) is 16.6. The van der Waals surface area contributed by atoms with Gasteiger partial charge < -0.3 is 9.64 Å². The van der Waals surface area contributed by atoms with E-state index in [4.69, 9.17) is 10.00 Å². The van der Waals surface area contributed by atoms with Crippen LogP contribution >= 0.6 is 0 Å². The summed E-state index contributed by atoms with van der Waals surface area (Å²) in [6.07, 6.45) is 2.05. The topological polar surface area (TPSA) is 73.6 Å². The number of hydrogen-bond acceptors (Lipinski definition) is 5. The summed E-state index contributed by atoms with van der Waals surface area (Å²) < 4.78 is 5.70. The lowest BCUT2D eigenvalue weighted by Gasteiger charge is -2.20. The van der Waals surface area contributed by atoms with Crippen LogP contribution in [0.25, 0.3) is 5.57 Å². The summed E-state index contributed by atoms with van der Waals surface area (Å²) in [5.74, 6) is 0.0612. The fraction of sp³-hybridized carbons (Fsp3) is 0.292. The molecule has 2 aromatic rings. The first kappa shape index (κ1) is 19.7. The number of hydrogen-bond donors (Lipinski definition) is 0. The molecule has 2 heterocycles. The fourth-order valence-electron chi connectivity index (χ4n) is 3.90. The molecule has 2 aliphatic rings. The summed E-state index contributed by atoms with van der Waals surface area (Å²) in [5.41, 5.74) is 2.52. The largest absolute Gasteiger partial charge is 0.491 e. The number of rotatable bonds is 5. The van der Waals surface area contributed by atoms with Gasteiger partial charge in [0.1, 0.15) is 11.4 Å². The van der Waals surface area contributed by atoms with Gasteiger partial charge >= 0.3 is 0 Å². The molecule has 0 atom stereocenters. The van der Waals surface area contributed by atoms with Gasteiger partial charge in [0.2, 0.25) is 0 Å².